The maximum Gasteiger partial charge on any atom is 0.144 e. The van der Waals surface area contributed by atoms with Crippen molar-refractivity contribution < 1.29 is 5.79 Å². The van der Waals surface area contributed by atoms with Gasteiger partial charge in [-0.05, 0) is 70.1 Å². The molecule has 0 amide bonds. The summed E-state index contributed by atoms with van der Waals surface area (Å²) in [5, 5.41) is 2.15. The summed E-state index contributed by atoms with van der Waals surface area (Å²) in [5.41, 5.74) is 9.10. The molecule has 0 saturated heterocycles. The normalized spacial score (nSPS) is 12.2. The molecule has 2 heteroatoms. The minimum atomic E-state index is -0.692. The van der Waals surface area contributed by atoms with Crippen LogP contribution in [0.15, 0.2) is 114 Å². The van der Waals surface area contributed by atoms with Crippen LogP contribution in [0.3, 0.4) is 0 Å². The highest BCUT2D eigenvalue weighted by Gasteiger charge is 2.14. The first-order valence-electron chi connectivity index (χ1n) is 12.1. The Morgan fingerprint density at radius 2 is 1.41 bits per heavy atom. The quantitative estimate of drug-likeness (QED) is 0.273. The molecule has 2 aromatic heterocycles. The average Bonchev–Trinajstić information content (AvgIpc) is 3.27. The van der Waals surface area contributed by atoms with E-state index < -0.39 is 5.89 Å². The zero-order valence-electron chi connectivity index (χ0n) is 20.2. The van der Waals surface area contributed by atoms with Gasteiger partial charge in [-0.2, -0.15) is 0 Å². The van der Waals surface area contributed by atoms with E-state index in [1.807, 2.05) is 38.1 Å². The number of pyridine rings is 1. The van der Waals surface area contributed by atoms with Crippen molar-refractivity contribution in [3.63, 3.8) is 0 Å². The third kappa shape index (κ3) is 3.58. The molecule has 0 aliphatic rings. The van der Waals surface area contributed by atoms with Crippen LogP contribution in [0, 0.1) is 0 Å². The SMILES string of the molecule is [2H]C(C)(C)c1ccnc(-c2cccc3c2oc2ccc(-c4cccc(-c5ccccc5)c4)cc23)c1. The van der Waals surface area contributed by atoms with Crippen molar-refractivity contribution in [1.82, 2.24) is 4.98 Å². The van der Waals surface area contributed by atoms with Gasteiger partial charge in [-0.3, -0.25) is 4.98 Å². The van der Waals surface area contributed by atoms with E-state index in [0.717, 1.165) is 44.3 Å². The van der Waals surface area contributed by atoms with E-state index in [2.05, 4.69) is 83.8 Å². The Kier molecular flexibility index (Phi) is 4.72. The van der Waals surface area contributed by atoms with Crippen LogP contribution in [0.5, 0.6) is 0 Å². The number of aromatic nitrogens is 1. The van der Waals surface area contributed by atoms with Gasteiger partial charge in [-0.25, -0.2) is 0 Å². The number of nitrogens with zero attached hydrogens (tertiary/aromatic N) is 1. The fourth-order valence-electron chi connectivity index (χ4n) is 4.58. The van der Waals surface area contributed by atoms with Crippen LogP contribution in [0.2, 0.25) is 0 Å². The highest BCUT2D eigenvalue weighted by atomic mass is 16.3. The summed E-state index contributed by atoms with van der Waals surface area (Å²) in [6.07, 6.45) is 1.78. The van der Waals surface area contributed by atoms with Gasteiger partial charge in [0, 0.05) is 23.9 Å². The summed E-state index contributed by atoms with van der Waals surface area (Å²) in [5.74, 6) is -0.692. The first kappa shape index (κ1) is 19.3. The smallest absolute Gasteiger partial charge is 0.144 e. The largest absolute Gasteiger partial charge is 0.455 e. The summed E-state index contributed by atoms with van der Waals surface area (Å²) in [6.45, 7) is 3.78. The van der Waals surface area contributed by atoms with Gasteiger partial charge in [0.1, 0.15) is 11.2 Å². The second-order valence-electron chi connectivity index (χ2n) is 8.87. The molecule has 0 bridgehead atoms. The first-order valence-corrected chi connectivity index (χ1v) is 11.6. The number of rotatable bonds is 4. The van der Waals surface area contributed by atoms with E-state index in [1.165, 1.54) is 16.7 Å². The maximum absolute atomic E-state index is 8.41. The van der Waals surface area contributed by atoms with Crippen LogP contribution in [-0.4, -0.2) is 4.98 Å². The Bertz CT molecular complexity index is 1680. The third-order valence-electron chi connectivity index (χ3n) is 6.41. The number of para-hydroxylation sites is 1. The first-order chi connectivity index (χ1) is 17.0. The summed E-state index contributed by atoms with van der Waals surface area (Å²) in [7, 11) is 0. The lowest BCUT2D eigenvalue weighted by molar-refractivity contribution is 0.670. The molecule has 0 unspecified atom stereocenters. The fraction of sp³-hybridized carbons (Fsp3) is 0.0938. The number of furan rings is 1. The summed E-state index contributed by atoms with van der Waals surface area (Å²) < 4.78 is 14.8. The van der Waals surface area contributed by atoms with E-state index in [-0.39, 0.29) is 0 Å². The molecule has 0 spiro atoms. The van der Waals surface area contributed by atoms with Crippen LogP contribution in [0.4, 0.5) is 0 Å². The van der Waals surface area contributed by atoms with E-state index >= 15 is 0 Å². The van der Waals surface area contributed by atoms with Crippen LogP contribution in [0.25, 0.3) is 55.4 Å². The van der Waals surface area contributed by atoms with Gasteiger partial charge >= 0.3 is 0 Å². The van der Waals surface area contributed by atoms with Gasteiger partial charge in [0.15, 0.2) is 0 Å². The third-order valence-corrected chi connectivity index (χ3v) is 6.41. The number of benzene rings is 4. The molecule has 4 aromatic carbocycles. The molecule has 34 heavy (non-hydrogen) atoms. The van der Waals surface area contributed by atoms with Gasteiger partial charge in [0.2, 0.25) is 0 Å². The Morgan fingerprint density at radius 3 is 2.24 bits per heavy atom. The Hall–Kier alpha value is -4.17. The molecule has 164 valence electrons. The van der Waals surface area contributed by atoms with Crippen molar-refractivity contribution >= 4 is 21.9 Å². The van der Waals surface area contributed by atoms with Gasteiger partial charge in [-0.15, -0.1) is 0 Å². The molecule has 0 aliphatic carbocycles. The molecule has 6 rings (SSSR count). The van der Waals surface area contributed by atoms with E-state index in [9.17, 15) is 0 Å². The molecule has 0 radical (unpaired) electrons. The Labute approximate surface area is 200 Å². The lowest BCUT2D eigenvalue weighted by atomic mass is 9.97. The Morgan fingerprint density at radius 1 is 0.676 bits per heavy atom. The molecular formula is C32H25NO. The standard InChI is InChI=1S/C32H25NO/c1-21(2)23-16-17-33-30(20-23)28-13-7-12-27-29-19-26(14-15-31(29)34-32(27)28)25-11-6-10-24(18-25)22-8-4-3-5-9-22/h3-21H,1-2H3/i21D. The molecule has 0 fully saturated rings. The lowest BCUT2D eigenvalue weighted by Crippen LogP contribution is -1.90. The highest BCUT2D eigenvalue weighted by molar-refractivity contribution is 6.10. The van der Waals surface area contributed by atoms with Gasteiger partial charge < -0.3 is 4.42 Å². The molecule has 2 heterocycles. The van der Waals surface area contributed by atoms with Gasteiger partial charge in [0.05, 0.1) is 5.69 Å². The summed E-state index contributed by atoms with van der Waals surface area (Å²) >= 11 is 0. The van der Waals surface area contributed by atoms with Crippen molar-refractivity contribution in [3.05, 3.63) is 115 Å². The van der Waals surface area contributed by atoms with Crippen LogP contribution in [0.1, 0.15) is 26.7 Å². The number of hydrogen-bond donors (Lipinski definition) is 0. The average molecular weight is 441 g/mol. The Balaban J connectivity index is 1.48. The molecule has 0 N–H and O–H groups in total. The van der Waals surface area contributed by atoms with Crippen LogP contribution < -0.4 is 0 Å². The molecule has 6 aromatic rings. The van der Waals surface area contributed by atoms with Gasteiger partial charge in [-0.1, -0.05) is 80.6 Å². The fourth-order valence-corrected chi connectivity index (χ4v) is 4.58. The van der Waals surface area contributed by atoms with Crippen molar-refractivity contribution in [2.45, 2.75) is 19.7 Å². The van der Waals surface area contributed by atoms with Crippen LogP contribution in [-0.2, 0) is 0 Å². The minimum Gasteiger partial charge on any atom is -0.455 e. The van der Waals surface area contributed by atoms with E-state index in [0.29, 0.717) is 0 Å². The van der Waals surface area contributed by atoms with Crippen molar-refractivity contribution in [2.24, 2.45) is 0 Å². The van der Waals surface area contributed by atoms with Gasteiger partial charge in [0.25, 0.3) is 0 Å². The zero-order valence-corrected chi connectivity index (χ0v) is 19.2. The summed E-state index contributed by atoms with van der Waals surface area (Å²) in [4.78, 5) is 4.60. The zero-order chi connectivity index (χ0) is 24.0. The number of hydrogen-bond acceptors (Lipinski definition) is 2. The predicted octanol–water partition coefficient (Wildman–Crippen LogP) is 9.11. The number of fused-ring (bicyclic) bond motifs is 3. The van der Waals surface area contributed by atoms with Crippen molar-refractivity contribution in [2.75, 3.05) is 0 Å². The second kappa shape index (κ2) is 8.31. The highest BCUT2D eigenvalue weighted by Crippen LogP contribution is 2.38. The summed E-state index contributed by atoms with van der Waals surface area (Å²) in [6, 6.07) is 35.6. The topological polar surface area (TPSA) is 26.0 Å². The van der Waals surface area contributed by atoms with Crippen molar-refractivity contribution in [1.29, 1.82) is 0 Å². The predicted molar refractivity (Wildman–Crippen MR) is 142 cm³/mol. The molecule has 0 aliphatic heterocycles. The monoisotopic (exact) mass is 440 g/mol. The molecule has 0 atom stereocenters. The molecule has 0 saturated carbocycles. The van der Waals surface area contributed by atoms with E-state index in [4.69, 9.17) is 5.79 Å². The molecule has 2 nitrogen and oxygen atoms in total. The van der Waals surface area contributed by atoms with Crippen molar-refractivity contribution in [3.8, 4) is 33.5 Å². The lowest BCUT2D eigenvalue weighted by Gasteiger charge is -2.08. The van der Waals surface area contributed by atoms with Crippen LogP contribution >= 0.6 is 0 Å². The second-order valence-corrected chi connectivity index (χ2v) is 8.87. The minimum absolute atomic E-state index is 0.692. The van der Waals surface area contributed by atoms with E-state index in [1.54, 1.807) is 6.20 Å². The maximum atomic E-state index is 8.41. The molecular weight excluding hydrogens is 414 g/mol.